The van der Waals surface area contributed by atoms with Crippen molar-refractivity contribution in [2.24, 2.45) is 0 Å². The highest BCUT2D eigenvalue weighted by Crippen LogP contribution is 2.40. The Hall–Kier alpha value is -8.80. The SMILES string of the molecule is [2H]c1c([2H])c([2H])c(-c2cnc(-n3c4ccccc4c4ccc(Oc5cccc(-n6[c-][n+](-c7c(-c8cccc(C(C)(C)C)c8)cccc7-c7cccc(C(C)(C)C)c7)c7ccc(-c8ccc(C(C)(C)C)cc8)cc76)c5)cc43)cc2C([2H])([2H])[2H])c([2H])c1[2H]. The number of imidazole rings is 1. The van der Waals surface area contributed by atoms with Gasteiger partial charge in [-0.05, 0) is 133 Å². The second-order valence-corrected chi connectivity index (χ2v) is 23.4. The predicted octanol–water partition coefficient (Wildman–Crippen LogP) is 18.9. The van der Waals surface area contributed by atoms with Crippen LogP contribution in [-0.2, 0) is 16.2 Å². The minimum atomic E-state index is -2.75. The summed E-state index contributed by atoms with van der Waals surface area (Å²) < 4.78 is 81.3. The molecule has 3 heterocycles. The largest absolute Gasteiger partial charge is 0.458 e. The second kappa shape index (κ2) is 19.3. The number of benzene rings is 9. The van der Waals surface area contributed by atoms with Crippen LogP contribution in [0.2, 0.25) is 0 Å². The van der Waals surface area contributed by atoms with Gasteiger partial charge in [0.15, 0.2) is 0 Å². The summed E-state index contributed by atoms with van der Waals surface area (Å²) in [5.41, 5.74) is 14.7. The summed E-state index contributed by atoms with van der Waals surface area (Å²) in [5, 5.41) is 1.76. The molecule has 0 aliphatic heterocycles. The van der Waals surface area contributed by atoms with Crippen molar-refractivity contribution < 1.29 is 20.3 Å². The Labute approximate surface area is 471 Å². The molecule has 0 aliphatic carbocycles. The highest BCUT2D eigenvalue weighted by atomic mass is 16.5. The lowest BCUT2D eigenvalue weighted by Crippen LogP contribution is -2.31. The molecular weight excluding hydrogens is 949 g/mol. The summed E-state index contributed by atoms with van der Waals surface area (Å²) in [5.74, 6) is 1.33. The van der Waals surface area contributed by atoms with Crippen LogP contribution < -0.4 is 9.30 Å². The number of ether oxygens (including phenoxy) is 1. The van der Waals surface area contributed by atoms with Gasteiger partial charge >= 0.3 is 0 Å². The maximum Gasteiger partial charge on any atom is 0.269 e. The molecule has 0 fully saturated rings. The van der Waals surface area contributed by atoms with Gasteiger partial charge in [-0.3, -0.25) is 13.7 Å². The van der Waals surface area contributed by atoms with Crippen molar-refractivity contribution in [1.29, 1.82) is 0 Å². The average Bonchev–Trinajstić information content (AvgIpc) is 1.66. The number of rotatable bonds is 9. The van der Waals surface area contributed by atoms with E-state index in [9.17, 15) is 0 Å². The summed E-state index contributed by atoms with van der Waals surface area (Å²) in [6.45, 7) is 17.4. The lowest BCUT2D eigenvalue weighted by molar-refractivity contribution is -0.571. The maximum atomic E-state index is 8.71. The Bertz CT molecular complexity index is 4560. The molecule has 0 atom stereocenters. The van der Waals surface area contributed by atoms with Gasteiger partial charge in [0, 0.05) is 32.7 Å². The fourth-order valence-electron chi connectivity index (χ4n) is 10.6. The van der Waals surface area contributed by atoms with E-state index in [0.29, 0.717) is 17.0 Å². The molecule has 0 saturated heterocycles. The molecule has 78 heavy (non-hydrogen) atoms. The van der Waals surface area contributed by atoms with Crippen molar-refractivity contribution in [3.05, 3.63) is 247 Å². The van der Waals surface area contributed by atoms with Crippen LogP contribution in [-0.4, -0.2) is 14.1 Å². The monoisotopic (exact) mass is 1020 g/mol. The minimum Gasteiger partial charge on any atom is -0.458 e. The molecule has 0 N–H and O–H groups in total. The molecule has 0 unspecified atom stereocenters. The van der Waals surface area contributed by atoms with Crippen molar-refractivity contribution in [2.75, 3.05) is 0 Å². The van der Waals surface area contributed by atoms with Crippen LogP contribution in [0.15, 0.2) is 218 Å². The van der Waals surface area contributed by atoms with E-state index in [4.69, 9.17) is 20.7 Å². The first-order chi connectivity index (χ1) is 40.7. The quantitative estimate of drug-likeness (QED) is 0.107. The van der Waals surface area contributed by atoms with Crippen molar-refractivity contribution >= 4 is 32.8 Å². The molecule has 0 radical (unpaired) electrons. The van der Waals surface area contributed by atoms with Gasteiger partial charge in [0.05, 0.1) is 40.3 Å². The number of pyridine rings is 1. The molecule has 0 amide bonds. The van der Waals surface area contributed by atoms with Crippen LogP contribution in [0, 0.1) is 13.2 Å². The lowest BCUT2D eigenvalue weighted by Gasteiger charge is -2.23. The first-order valence-electron chi connectivity index (χ1n) is 30.6. The molecule has 0 aliphatic rings. The van der Waals surface area contributed by atoms with E-state index < -0.39 is 37.1 Å². The Balaban J connectivity index is 1.02. The van der Waals surface area contributed by atoms with Crippen molar-refractivity contribution in [3.63, 3.8) is 0 Å². The van der Waals surface area contributed by atoms with Gasteiger partial charge in [0.2, 0.25) is 0 Å². The average molecular weight is 1020 g/mol. The molecule has 9 aromatic carbocycles. The predicted molar refractivity (Wildman–Crippen MR) is 325 cm³/mol. The van der Waals surface area contributed by atoms with Gasteiger partial charge in [-0.2, -0.15) is 0 Å². The molecule has 384 valence electrons. The van der Waals surface area contributed by atoms with E-state index >= 15 is 0 Å². The third-order valence-electron chi connectivity index (χ3n) is 14.9. The Morgan fingerprint density at radius 2 is 1.12 bits per heavy atom. The summed E-state index contributed by atoms with van der Waals surface area (Å²) in [7, 11) is 0. The lowest BCUT2D eigenvalue weighted by atomic mass is 9.84. The Morgan fingerprint density at radius 3 is 1.79 bits per heavy atom. The molecule has 5 nitrogen and oxygen atoms in total. The van der Waals surface area contributed by atoms with Crippen LogP contribution in [0.25, 0.3) is 94.5 Å². The first kappa shape index (κ1) is 41.4. The minimum absolute atomic E-state index is 0.00325. The topological polar surface area (TPSA) is 35.9 Å². The molecule has 0 saturated carbocycles. The van der Waals surface area contributed by atoms with E-state index in [2.05, 4.69) is 193 Å². The molecule has 12 rings (SSSR count). The zero-order chi connectivity index (χ0) is 60.9. The normalized spacial score (nSPS) is 13.9. The molecule has 5 heteroatoms. The molecular formula is C73H66N4O. The number of hydrogen-bond acceptors (Lipinski definition) is 2. The van der Waals surface area contributed by atoms with E-state index in [1.54, 1.807) is 0 Å². The smallest absolute Gasteiger partial charge is 0.269 e. The van der Waals surface area contributed by atoms with E-state index in [1.807, 2.05) is 65.2 Å². The standard InChI is InChI=1S/C73H66N4O/c1-48-40-69(74-46-64(48)50-20-12-11-13-21-50)77-65-31-15-14-28-62(65)63-38-37-59(45-67(63)77)78-58-27-18-26-57(44-58)75-47-76(66-39-34-51(43-68(66)75)49-32-35-54(36-33-49)71(2,3)4)70-60(52-22-16-24-55(41-52)72(5,6)7)29-19-30-61(70)53-23-17-25-56(42-53)73(8,9)10/h11-46H,1-10H3/i1D3,11D,12D,13D,20D,21D. The van der Waals surface area contributed by atoms with E-state index in [-0.39, 0.29) is 38.8 Å². The molecule has 0 spiro atoms. The van der Waals surface area contributed by atoms with Crippen molar-refractivity contribution in [3.8, 4) is 73.2 Å². The summed E-state index contributed by atoms with van der Waals surface area (Å²) in [6, 6.07) is 60.1. The van der Waals surface area contributed by atoms with Gasteiger partial charge < -0.3 is 4.74 Å². The zero-order valence-electron chi connectivity index (χ0n) is 53.6. The van der Waals surface area contributed by atoms with Gasteiger partial charge in [-0.1, -0.05) is 220 Å². The van der Waals surface area contributed by atoms with Gasteiger partial charge in [-0.15, -0.1) is 0 Å². The summed E-state index contributed by atoms with van der Waals surface area (Å²) >= 11 is 0. The Kier molecular flexibility index (Phi) is 10.3. The fraction of sp³-hybridized carbons (Fsp3) is 0.178. The van der Waals surface area contributed by atoms with Crippen molar-refractivity contribution in [2.45, 2.75) is 85.4 Å². The molecule has 3 aromatic heterocycles. The van der Waals surface area contributed by atoms with Crippen LogP contribution in [0.5, 0.6) is 11.5 Å². The number of fused-ring (bicyclic) bond motifs is 4. The summed E-state index contributed by atoms with van der Waals surface area (Å²) in [4.78, 5) is 4.78. The highest BCUT2D eigenvalue weighted by molar-refractivity contribution is 6.09. The van der Waals surface area contributed by atoms with Crippen LogP contribution in [0.4, 0.5) is 0 Å². The first-order valence-corrected chi connectivity index (χ1v) is 26.6. The number of para-hydroxylation sites is 2. The van der Waals surface area contributed by atoms with E-state index in [0.717, 1.165) is 72.1 Å². The van der Waals surface area contributed by atoms with Gasteiger partial charge in [-0.25, -0.2) is 4.98 Å². The maximum absolute atomic E-state index is 8.71. The number of aryl methyl sites for hydroxylation is 1. The van der Waals surface area contributed by atoms with Gasteiger partial charge in [0.25, 0.3) is 6.33 Å². The fourth-order valence-corrected chi connectivity index (χ4v) is 10.6. The van der Waals surface area contributed by atoms with Crippen LogP contribution in [0.1, 0.15) is 95.5 Å². The van der Waals surface area contributed by atoms with Crippen LogP contribution in [0.3, 0.4) is 0 Å². The van der Waals surface area contributed by atoms with Crippen molar-refractivity contribution in [1.82, 2.24) is 14.1 Å². The number of nitrogens with zero attached hydrogens (tertiary/aromatic N) is 4. The van der Waals surface area contributed by atoms with Gasteiger partial charge in [0.1, 0.15) is 17.3 Å². The second-order valence-electron chi connectivity index (χ2n) is 23.4. The third kappa shape index (κ3) is 9.38. The highest BCUT2D eigenvalue weighted by Gasteiger charge is 2.24. The Morgan fingerprint density at radius 1 is 0.487 bits per heavy atom. The van der Waals surface area contributed by atoms with E-state index in [1.165, 1.54) is 29.0 Å². The molecule has 12 aromatic rings. The summed E-state index contributed by atoms with van der Waals surface area (Å²) in [6.07, 6.45) is 5.21. The molecule has 0 bridgehead atoms. The number of aromatic nitrogens is 4. The third-order valence-corrected chi connectivity index (χ3v) is 14.9. The zero-order valence-corrected chi connectivity index (χ0v) is 45.6. The van der Waals surface area contributed by atoms with Crippen LogP contribution >= 0.6 is 0 Å². The number of hydrogen-bond donors (Lipinski definition) is 0.